The third-order valence-electron chi connectivity index (χ3n) is 2.76. The Morgan fingerprint density at radius 2 is 1.88 bits per heavy atom. The van der Waals surface area contributed by atoms with Gasteiger partial charge in [-0.3, -0.25) is 0 Å². The zero-order valence-electron chi connectivity index (χ0n) is 10.5. The lowest BCUT2D eigenvalue weighted by molar-refractivity contribution is 0.304. The first-order chi connectivity index (χ1) is 7.72. The smallest absolute Gasteiger partial charge is 0.126 e. The van der Waals surface area contributed by atoms with Crippen LogP contribution in [-0.4, -0.2) is 11.7 Å². The average Bonchev–Trinajstić information content (AvgIpc) is 2.29. The number of hydrogen-bond acceptors (Lipinski definition) is 2. The van der Waals surface area contributed by atoms with E-state index in [9.17, 15) is 5.11 Å². The molecular formula is C14H22O2. The normalized spacial score (nSPS) is 10.4. The molecule has 1 rings (SSSR count). The van der Waals surface area contributed by atoms with E-state index in [4.69, 9.17) is 4.74 Å². The van der Waals surface area contributed by atoms with Gasteiger partial charge in [-0.15, -0.1) is 0 Å². The van der Waals surface area contributed by atoms with Crippen molar-refractivity contribution < 1.29 is 9.84 Å². The molecule has 0 aliphatic heterocycles. The molecule has 0 aromatic heterocycles. The van der Waals surface area contributed by atoms with Gasteiger partial charge in [0, 0.05) is 5.56 Å². The van der Waals surface area contributed by atoms with Crippen molar-refractivity contribution in [1.82, 2.24) is 0 Å². The molecule has 0 heterocycles. The highest BCUT2D eigenvalue weighted by Crippen LogP contribution is 2.30. The minimum atomic E-state index is 0.369. The van der Waals surface area contributed by atoms with Crippen molar-refractivity contribution in [1.29, 1.82) is 0 Å². The predicted molar refractivity (Wildman–Crippen MR) is 67.3 cm³/mol. The molecule has 1 N–H and O–H groups in total. The Labute approximate surface area is 98.3 Å². The zero-order chi connectivity index (χ0) is 12.0. The fraction of sp³-hybridized carbons (Fsp3) is 0.571. The number of aromatic hydroxyl groups is 1. The summed E-state index contributed by atoms with van der Waals surface area (Å²) in [5, 5.41) is 9.88. The molecule has 0 atom stereocenters. The number of unbranched alkanes of at least 4 members (excludes halogenated alkanes) is 1. The molecule has 1 aromatic rings. The maximum absolute atomic E-state index is 9.88. The summed E-state index contributed by atoms with van der Waals surface area (Å²) in [6.07, 6.45) is 3.90. The second-order valence-corrected chi connectivity index (χ2v) is 4.00. The Morgan fingerprint density at radius 1 is 1.12 bits per heavy atom. The minimum Gasteiger partial charge on any atom is -0.508 e. The molecule has 0 unspecified atom stereocenters. The van der Waals surface area contributed by atoms with Crippen LogP contribution in [0.1, 0.15) is 44.7 Å². The van der Waals surface area contributed by atoms with Gasteiger partial charge in [0.2, 0.25) is 0 Å². The number of aryl methyl sites for hydroxylation is 1. The molecule has 0 bridgehead atoms. The molecule has 90 valence electrons. The van der Waals surface area contributed by atoms with E-state index in [1.807, 2.05) is 19.1 Å². The van der Waals surface area contributed by atoms with Crippen LogP contribution < -0.4 is 4.74 Å². The average molecular weight is 222 g/mol. The Kier molecular flexibility index (Phi) is 5.17. The lowest BCUT2D eigenvalue weighted by Crippen LogP contribution is -2.00. The molecule has 0 fully saturated rings. The summed E-state index contributed by atoms with van der Waals surface area (Å²) in [6.45, 7) is 6.99. The fourth-order valence-corrected chi connectivity index (χ4v) is 1.70. The van der Waals surface area contributed by atoms with Crippen LogP contribution in [0, 0.1) is 0 Å². The van der Waals surface area contributed by atoms with Crippen LogP contribution in [0.5, 0.6) is 11.5 Å². The molecule has 0 saturated carbocycles. The third kappa shape index (κ3) is 3.16. The Balaban J connectivity index is 2.89. The molecule has 2 heteroatoms. The second kappa shape index (κ2) is 6.41. The van der Waals surface area contributed by atoms with E-state index in [2.05, 4.69) is 13.8 Å². The maximum Gasteiger partial charge on any atom is 0.126 e. The molecule has 16 heavy (non-hydrogen) atoms. The van der Waals surface area contributed by atoms with Crippen LogP contribution in [0.25, 0.3) is 0 Å². The van der Waals surface area contributed by atoms with E-state index in [1.54, 1.807) is 0 Å². The van der Waals surface area contributed by atoms with Gasteiger partial charge in [0.05, 0.1) is 6.61 Å². The first kappa shape index (κ1) is 12.9. The van der Waals surface area contributed by atoms with E-state index in [-0.39, 0.29) is 0 Å². The number of phenolic OH excluding ortho intramolecular Hbond substituents is 1. The summed E-state index contributed by atoms with van der Waals surface area (Å²) in [7, 11) is 0. The standard InChI is InChI=1S/C14H22O2/c1-4-7-8-16-14-10-11(5-2)9-13(15)12(14)6-3/h9-10,15H,4-8H2,1-3H3. The Hall–Kier alpha value is -1.18. The van der Waals surface area contributed by atoms with E-state index in [0.717, 1.165) is 49.2 Å². The van der Waals surface area contributed by atoms with Gasteiger partial charge in [0.25, 0.3) is 0 Å². The summed E-state index contributed by atoms with van der Waals surface area (Å²) >= 11 is 0. The van der Waals surface area contributed by atoms with Crippen LogP contribution in [0.15, 0.2) is 12.1 Å². The van der Waals surface area contributed by atoms with E-state index < -0.39 is 0 Å². The van der Waals surface area contributed by atoms with Crippen molar-refractivity contribution in [3.8, 4) is 11.5 Å². The number of rotatable bonds is 6. The Bertz CT molecular complexity index is 332. The van der Waals surface area contributed by atoms with Crippen molar-refractivity contribution in [2.24, 2.45) is 0 Å². The summed E-state index contributed by atoms with van der Waals surface area (Å²) in [6, 6.07) is 3.89. The van der Waals surface area contributed by atoms with E-state index >= 15 is 0 Å². The number of hydrogen-bond donors (Lipinski definition) is 1. The van der Waals surface area contributed by atoms with Crippen LogP contribution in [-0.2, 0) is 12.8 Å². The first-order valence-electron chi connectivity index (χ1n) is 6.20. The molecule has 1 aromatic carbocycles. The molecule has 0 aliphatic rings. The van der Waals surface area contributed by atoms with Crippen LogP contribution in [0.4, 0.5) is 0 Å². The van der Waals surface area contributed by atoms with Gasteiger partial charge in [-0.1, -0.05) is 27.2 Å². The van der Waals surface area contributed by atoms with Gasteiger partial charge in [-0.2, -0.15) is 0 Å². The van der Waals surface area contributed by atoms with Crippen LogP contribution in [0.3, 0.4) is 0 Å². The van der Waals surface area contributed by atoms with Gasteiger partial charge in [0.1, 0.15) is 11.5 Å². The van der Waals surface area contributed by atoms with Crippen molar-refractivity contribution in [3.05, 3.63) is 23.3 Å². The minimum absolute atomic E-state index is 0.369. The Morgan fingerprint density at radius 3 is 2.44 bits per heavy atom. The lowest BCUT2D eigenvalue weighted by Gasteiger charge is -2.13. The van der Waals surface area contributed by atoms with E-state index in [0.29, 0.717) is 5.75 Å². The van der Waals surface area contributed by atoms with Crippen molar-refractivity contribution in [2.45, 2.75) is 46.5 Å². The van der Waals surface area contributed by atoms with Gasteiger partial charge in [0.15, 0.2) is 0 Å². The quantitative estimate of drug-likeness (QED) is 0.744. The summed E-state index contributed by atoms with van der Waals surface area (Å²) in [4.78, 5) is 0. The van der Waals surface area contributed by atoms with Crippen molar-refractivity contribution in [3.63, 3.8) is 0 Å². The fourth-order valence-electron chi connectivity index (χ4n) is 1.70. The van der Waals surface area contributed by atoms with Gasteiger partial charge in [-0.25, -0.2) is 0 Å². The monoisotopic (exact) mass is 222 g/mol. The van der Waals surface area contributed by atoms with E-state index in [1.165, 1.54) is 0 Å². The summed E-state index contributed by atoms with van der Waals surface area (Å²) in [5.41, 5.74) is 2.05. The van der Waals surface area contributed by atoms with Crippen molar-refractivity contribution in [2.75, 3.05) is 6.61 Å². The SMILES string of the molecule is CCCCOc1cc(CC)cc(O)c1CC. The number of phenols is 1. The maximum atomic E-state index is 9.88. The highest BCUT2D eigenvalue weighted by molar-refractivity contribution is 5.47. The van der Waals surface area contributed by atoms with Gasteiger partial charge in [-0.05, 0) is 37.0 Å². The van der Waals surface area contributed by atoms with Crippen LogP contribution >= 0.6 is 0 Å². The molecule has 0 aliphatic carbocycles. The van der Waals surface area contributed by atoms with Gasteiger partial charge >= 0.3 is 0 Å². The topological polar surface area (TPSA) is 29.5 Å². The summed E-state index contributed by atoms with van der Waals surface area (Å²) < 4.78 is 5.73. The molecule has 0 saturated heterocycles. The highest BCUT2D eigenvalue weighted by Gasteiger charge is 2.09. The molecule has 0 spiro atoms. The lowest BCUT2D eigenvalue weighted by atomic mass is 10.1. The number of ether oxygens (including phenoxy) is 1. The highest BCUT2D eigenvalue weighted by atomic mass is 16.5. The molecule has 0 radical (unpaired) electrons. The largest absolute Gasteiger partial charge is 0.508 e. The zero-order valence-corrected chi connectivity index (χ0v) is 10.5. The first-order valence-corrected chi connectivity index (χ1v) is 6.20. The van der Waals surface area contributed by atoms with Crippen molar-refractivity contribution >= 4 is 0 Å². The second-order valence-electron chi connectivity index (χ2n) is 4.00. The summed E-state index contributed by atoms with van der Waals surface area (Å²) in [5.74, 6) is 1.22. The molecule has 2 nitrogen and oxygen atoms in total. The van der Waals surface area contributed by atoms with Crippen LogP contribution in [0.2, 0.25) is 0 Å². The third-order valence-corrected chi connectivity index (χ3v) is 2.76. The van der Waals surface area contributed by atoms with Gasteiger partial charge < -0.3 is 9.84 Å². The molecular weight excluding hydrogens is 200 g/mol. The predicted octanol–water partition coefficient (Wildman–Crippen LogP) is 3.70. The number of benzene rings is 1. The molecule has 0 amide bonds.